The van der Waals surface area contributed by atoms with Crippen LogP contribution in [0, 0.1) is 10.1 Å². The van der Waals surface area contributed by atoms with Crippen molar-refractivity contribution in [2.45, 2.75) is 25.5 Å². The van der Waals surface area contributed by atoms with Gasteiger partial charge in [0.15, 0.2) is 5.78 Å². The number of nitro groups is 1. The van der Waals surface area contributed by atoms with Crippen LogP contribution in [0.25, 0.3) is 0 Å². The quantitative estimate of drug-likeness (QED) is 0.530. The van der Waals surface area contributed by atoms with E-state index in [4.69, 9.17) is 0 Å². The Morgan fingerprint density at radius 2 is 1.96 bits per heavy atom. The highest BCUT2D eigenvalue weighted by atomic mass is 16.6. The van der Waals surface area contributed by atoms with Gasteiger partial charge in [0.1, 0.15) is 5.69 Å². The highest BCUT2D eigenvalue weighted by molar-refractivity contribution is 5.95. The first-order chi connectivity index (χ1) is 11.5. The normalized spacial score (nSPS) is 20.2. The number of carbonyl (C=O) groups excluding carboxylic acids is 1. The monoisotopic (exact) mass is 326 g/mol. The number of nitrogens with zero attached hydrogens (tertiary/aromatic N) is 2. The molecule has 0 aliphatic carbocycles. The number of Topliss-reactive ketones (excluding diaryl/α,β-unsaturated/α-hetero) is 1. The maximum absolute atomic E-state index is 11.5. The van der Waals surface area contributed by atoms with Crippen molar-refractivity contribution in [1.82, 2.24) is 0 Å². The maximum Gasteiger partial charge on any atom is 0.293 e. The number of hydrogen-bond donors (Lipinski definition) is 1. The standard InChI is InChI=1S/C18H18N2O4/c1-12(21)14-7-8-16(18(9-14)20(23)24)19-11-15(22)10-17(19)13-5-3-2-4-6-13/h2-9,15,17,22H,10-11H2,1H3/t15-,17-/m0/s1. The smallest absolute Gasteiger partial charge is 0.293 e. The van der Waals surface area contributed by atoms with E-state index in [-0.39, 0.29) is 17.5 Å². The molecule has 24 heavy (non-hydrogen) atoms. The molecular formula is C18H18N2O4. The molecule has 0 amide bonds. The van der Waals surface area contributed by atoms with Gasteiger partial charge < -0.3 is 10.0 Å². The second-order valence-electron chi connectivity index (χ2n) is 5.99. The summed E-state index contributed by atoms with van der Waals surface area (Å²) in [6, 6.07) is 14.0. The first kappa shape index (κ1) is 16.1. The molecule has 0 bridgehead atoms. The molecule has 1 heterocycles. The van der Waals surface area contributed by atoms with Crippen LogP contribution in [-0.4, -0.2) is 28.5 Å². The summed E-state index contributed by atoms with van der Waals surface area (Å²) in [6.07, 6.45) is -0.0439. The van der Waals surface area contributed by atoms with Gasteiger partial charge in [-0.05, 0) is 31.0 Å². The van der Waals surface area contributed by atoms with Gasteiger partial charge in [0, 0.05) is 18.2 Å². The molecule has 0 radical (unpaired) electrons. The molecule has 0 unspecified atom stereocenters. The zero-order chi connectivity index (χ0) is 17.3. The minimum absolute atomic E-state index is 0.113. The zero-order valence-corrected chi connectivity index (χ0v) is 13.3. The second-order valence-corrected chi connectivity index (χ2v) is 5.99. The Bertz CT molecular complexity index is 776. The van der Waals surface area contributed by atoms with Crippen molar-refractivity contribution < 1.29 is 14.8 Å². The van der Waals surface area contributed by atoms with Crippen molar-refractivity contribution in [2.24, 2.45) is 0 Å². The zero-order valence-electron chi connectivity index (χ0n) is 13.3. The number of aliphatic hydroxyl groups excluding tert-OH is 1. The fourth-order valence-electron chi connectivity index (χ4n) is 3.20. The predicted octanol–water partition coefficient (Wildman–Crippen LogP) is 3.11. The molecule has 0 saturated carbocycles. The molecular weight excluding hydrogens is 308 g/mol. The van der Waals surface area contributed by atoms with Crippen LogP contribution in [0.1, 0.15) is 35.3 Å². The summed E-state index contributed by atoms with van der Waals surface area (Å²) in [6.45, 7) is 1.70. The lowest BCUT2D eigenvalue weighted by atomic mass is 10.0. The molecule has 2 aromatic rings. The first-order valence-corrected chi connectivity index (χ1v) is 7.76. The van der Waals surface area contributed by atoms with Crippen LogP contribution >= 0.6 is 0 Å². The third-order valence-electron chi connectivity index (χ3n) is 4.35. The summed E-state index contributed by atoms with van der Waals surface area (Å²) >= 11 is 0. The van der Waals surface area contributed by atoms with Crippen LogP contribution in [0.3, 0.4) is 0 Å². The Hall–Kier alpha value is -2.73. The molecule has 1 aliphatic heterocycles. The molecule has 0 spiro atoms. The SMILES string of the molecule is CC(=O)c1ccc(N2C[C@@H](O)C[C@H]2c2ccccc2)c([N+](=O)[O-])c1. The largest absolute Gasteiger partial charge is 0.391 e. The molecule has 1 aliphatic rings. The third-order valence-corrected chi connectivity index (χ3v) is 4.35. The number of hydrogen-bond acceptors (Lipinski definition) is 5. The van der Waals surface area contributed by atoms with Crippen molar-refractivity contribution in [2.75, 3.05) is 11.4 Å². The van der Waals surface area contributed by atoms with Gasteiger partial charge >= 0.3 is 0 Å². The van der Waals surface area contributed by atoms with Crippen molar-refractivity contribution in [1.29, 1.82) is 0 Å². The van der Waals surface area contributed by atoms with E-state index in [1.54, 1.807) is 12.1 Å². The number of β-amino-alcohol motifs (C(OH)–C–C–N with tert-alkyl or cyclic N) is 1. The van der Waals surface area contributed by atoms with E-state index in [9.17, 15) is 20.0 Å². The van der Waals surface area contributed by atoms with Crippen molar-refractivity contribution in [3.05, 3.63) is 69.8 Å². The van der Waals surface area contributed by atoms with Crippen molar-refractivity contribution in [3.8, 4) is 0 Å². The summed E-state index contributed by atoms with van der Waals surface area (Å²) in [5.41, 5.74) is 1.62. The van der Waals surface area contributed by atoms with E-state index < -0.39 is 11.0 Å². The number of rotatable bonds is 4. The van der Waals surface area contributed by atoms with E-state index in [1.807, 2.05) is 35.2 Å². The summed E-state index contributed by atoms with van der Waals surface area (Å²) in [5, 5.41) is 21.6. The summed E-state index contributed by atoms with van der Waals surface area (Å²) in [7, 11) is 0. The van der Waals surface area contributed by atoms with Gasteiger partial charge in [-0.25, -0.2) is 0 Å². The number of benzene rings is 2. The maximum atomic E-state index is 11.5. The highest BCUT2D eigenvalue weighted by Gasteiger charge is 2.35. The van der Waals surface area contributed by atoms with Crippen molar-refractivity contribution >= 4 is 17.2 Å². The van der Waals surface area contributed by atoms with Gasteiger partial charge in [-0.2, -0.15) is 0 Å². The molecule has 6 heteroatoms. The molecule has 2 atom stereocenters. The summed E-state index contributed by atoms with van der Waals surface area (Å²) in [4.78, 5) is 24.4. The Morgan fingerprint density at radius 3 is 2.58 bits per heavy atom. The van der Waals surface area contributed by atoms with Crippen molar-refractivity contribution in [3.63, 3.8) is 0 Å². The lowest BCUT2D eigenvalue weighted by Gasteiger charge is -2.26. The van der Waals surface area contributed by atoms with Crippen LogP contribution in [0.15, 0.2) is 48.5 Å². The fraction of sp³-hybridized carbons (Fsp3) is 0.278. The second kappa shape index (κ2) is 6.41. The Labute approximate surface area is 139 Å². The Morgan fingerprint density at radius 1 is 1.25 bits per heavy atom. The average molecular weight is 326 g/mol. The van der Waals surface area contributed by atoms with E-state index in [0.29, 0.717) is 24.2 Å². The minimum Gasteiger partial charge on any atom is -0.391 e. The van der Waals surface area contributed by atoms with E-state index in [2.05, 4.69) is 0 Å². The van der Waals surface area contributed by atoms with E-state index in [0.717, 1.165) is 5.56 Å². The average Bonchev–Trinajstić information content (AvgIpc) is 2.96. The lowest BCUT2D eigenvalue weighted by Crippen LogP contribution is -2.25. The topological polar surface area (TPSA) is 83.7 Å². The van der Waals surface area contributed by atoms with Crippen LogP contribution in [0.2, 0.25) is 0 Å². The fourth-order valence-corrected chi connectivity index (χ4v) is 3.20. The third kappa shape index (κ3) is 3.00. The Balaban J connectivity index is 2.06. The number of aliphatic hydroxyl groups is 1. The van der Waals surface area contributed by atoms with Gasteiger partial charge in [-0.15, -0.1) is 0 Å². The van der Waals surface area contributed by atoms with Crippen LogP contribution in [-0.2, 0) is 0 Å². The molecule has 0 aromatic heterocycles. The minimum atomic E-state index is -0.553. The Kier molecular flexibility index (Phi) is 4.31. The number of ketones is 1. The molecule has 124 valence electrons. The van der Waals surface area contributed by atoms with Gasteiger partial charge in [0.05, 0.1) is 17.1 Å². The summed E-state index contributed by atoms with van der Waals surface area (Å²) < 4.78 is 0. The number of nitro benzene ring substituents is 1. The number of carbonyl (C=O) groups is 1. The summed E-state index contributed by atoms with van der Waals surface area (Å²) in [5.74, 6) is -0.217. The van der Waals surface area contributed by atoms with Gasteiger partial charge in [-0.1, -0.05) is 30.3 Å². The molecule has 6 nitrogen and oxygen atoms in total. The predicted molar refractivity (Wildman–Crippen MR) is 90.3 cm³/mol. The van der Waals surface area contributed by atoms with E-state index >= 15 is 0 Å². The van der Waals surface area contributed by atoms with Crippen LogP contribution < -0.4 is 4.90 Å². The van der Waals surface area contributed by atoms with Crippen LogP contribution in [0.4, 0.5) is 11.4 Å². The van der Waals surface area contributed by atoms with Gasteiger partial charge in [-0.3, -0.25) is 14.9 Å². The molecule has 3 rings (SSSR count). The molecule has 2 aromatic carbocycles. The highest BCUT2D eigenvalue weighted by Crippen LogP contribution is 2.40. The lowest BCUT2D eigenvalue weighted by molar-refractivity contribution is -0.384. The number of anilines is 1. The van der Waals surface area contributed by atoms with Crippen LogP contribution in [0.5, 0.6) is 0 Å². The molecule has 1 fully saturated rings. The van der Waals surface area contributed by atoms with Gasteiger partial charge in [0.2, 0.25) is 0 Å². The molecule has 1 N–H and O–H groups in total. The van der Waals surface area contributed by atoms with Gasteiger partial charge in [0.25, 0.3) is 5.69 Å². The first-order valence-electron chi connectivity index (χ1n) is 7.76. The molecule has 1 saturated heterocycles. The van der Waals surface area contributed by atoms with E-state index in [1.165, 1.54) is 13.0 Å².